The average molecular weight is 301 g/mol. The lowest BCUT2D eigenvalue weighted by atomic mass is 10.3. The van der Waals surface area contributed by atoms with Gasteiger partial charge in [0.2, 0.25) is 0 Å². The average Bonchev–Trinajstić information content (AvgIpc) is 2.74. The molecule has 102 valence electrons. The van der Waals surface area contributed by atoms with E-state index in [4.69, 9.17) is 0 Å². The third-order valence-electron chi connectivity index (χ3n) is 2.38. The number of nitrogens with zero attached hydrogens (tertiary/aromatic N) is 2. The summed E-state index contributed by atoms with van der Waals surface area (Å²) in [7, 11) is -3.73. The van der Waals surface area contributed by atoms with E-state index in [1.165, 1.54) is 23.9 Å². The molecule has 1 heterocycles. The minimum absolute atomic E-state index is 0.0269. The molecule has 19 heavy (non-hydrogen) atoms. The van der Waals surface area contributed by atoms with Gasteiger partial charge in [-0.25, -0.2) is 8.42 Å². The van der Waals surface area contributed by atoms with Gasteiger partial charge in [-0.1, -0.05) is 18.7 Å². The van der Waals surface area contributed by atoms with Crippen LogP contribution in [0.5, 0.6) is 0 Å². The van der Waals surface area contributed by atoms with E-state index in [1.54, 1.807) is 0 Å². The predicted octanol–water partition coefficient (Wildman–Crippen LogP) is 1.36. The molecule has 0 saturated carbocycles. The second kappa shape index (κ2) is 5.17. The number of aliphatic imine (C=N–C) groups is 1. The van der Waals surface area contributed by atoms with E-state index >= 15 is 0 Å². The fourth-order valence-corrected chi connectivity index (χ4v) is 3.56. The number of non-ortho nitro benzene ring substituents is 1. The summed E-state index contributed by atoms with van der Waals surface area (Å²) in [6, 6.07) is 4.70. The highest BCUT2D eigenvalue weighted by atomic mass is 32.2. The van der Waals surface area contributed by atoms with E-state index in [0.717, 1.165) is 12.1 Å². The maximum Gasteiger partial charge on any atom is 0.269 e. The summed E-state index contributed by atoms with van der Waals surface area (Å²) >= 11 is 1.35. The zero-order valence-electron chi connectivity index (χ0n) is 9.94. The third kappa shape index (κ3) is 3.24. The molecule has 1 aromatic rings. The molecule has 0 spiro atoms. The minimum Gasteiger partial charge on any atom is -0.261 e. The zero-order chi connectivity index (χ0) is 14.0. The van der Waals surface area contributed by atoms with Gasteiger partial charge in [0, 0.05) is 17.4 Å². The molecular weight excluding hydrogens is 290 g/mol. The van der Waals surface area contributed by atoms with Crippen LogP contribution in [-0.4, -0.2) is 30.3 Å². The number of nitro groups is 1. The maximum atomic E-state index is 12.0. The SMILES string of the molecule is CC1CN=C(NS(=O)(=O)c2ccc([N+](=O)[O-])cc2)S1. The molecule has 1 aliphatic rings. The first kappa shape index (κ1) is 13.8. The van der Waals surface area contributed by atoms with Gasteiger partial charge in [-0.15, -0.1) is 0 Å². The van der Waals surface area contributed by atoms with Crippen molar-refractivity contribution in [3.05, 3.63) is 34.4 Å². The second-order valence-electron chi connectivity index (χ2n) is 3.93. The molecule has 0 amide bonds. The first-order valence-corrected chi connectivity index (χ1v) is 7.73. The number of rotatable bonds is 3. The molecule has 1 N–H and O–H groups in total. The van der Waals surface area contributed by atoms with Crippen LogP contribution in [0.15, 0.2) is 34.2 Å². The van der Waals surface area contributed by atoms with Gasteiger partial charge in [0.05, 0.1) is 16.4 Å². The third-order valence-corrected chi connectivity index (χ3v) is 4.87. The first-order valence-electron chi connectivity index (χ1n) is 5.37. The topological polar surface area (TPSA) is 102 Å². The van der Waals surface area contributed by atoms with E-state index in [9.17, 15) is 18.5 Å². The van der Waals surface area contributed by atoms with Gasteiger partial charge in [-0.2, -0.15) is 0 Å². The van der Waals surface area contributed by atoms with Crippen molar-refractivity contribution >= 4 is 32.6 Å². The fraction of sp³-hybridized carbons (Fsp3) is 0.300. The quantitative estimate of drug-likeness (QED) is 0.671. The fourth-order valence-electron chi connectivity index (χ4n) is 1.45. The van der Waals surface area contributed by atoms with E-state index in [2.05, 4.69) is 9.71 Å². The molecule has 0 bridgehead atoms. The molecule has 0 aliphatic carbocycles. The number of hydrogen-bond acceptors (Lipinski definition) is 6. The summed E-state index contributed by atoms with van der Waals surface area (Å²) < 4.78 is 26.4. The van der Waals surface area contributed by atoms with Gasteiger partial charge in [0.25, 0.3) is 15.7 Å². The molecule has 0 radical (unpaired) electrons. The Morgan fingerprint density at radius 3 is 2.53 bits per heavy atom. The maximum absolute atomic E-state index is 12.0. The molecule has 0 saturated heterocycles. The van der Waals surface area contributed by atoms with E-state index in [0.29, 0.717) is 11.7 Å². The molecule has 1 aliphatic heterocycles. The molecular formula is C10H11N3O4S2. The van der Waals surface area contributed by atoms with E-state index < -0.39 is 14.9 Å². The standard InChI is InChI=1S/C10H11N3O4S2/c1-7-6-11-10(18-7)12-19(16,17)9-4-2-8(3-5-9)13(14)15/h2-5,7H,6H2,1H3,(H,11,12). The van der Waals surface area contributed by atoms with Crippen molar-refractivity contribution in [2.75, 3.05) is 6.54 Å². The lowest BCUT2D eigenvalue weighted by molar-refractivity contribution is -0.384. The Balaban J connectivity index is 2.18. The van der Waals surface area contributed by atoms with Crippen LogP contribution < -0.4 is 4.72 Å². The number of benzene rings is 1. The van der Waals surface area contributed by atoms with Crippen LogP contribution >= 0.6 is 11.8 Å². The lowest BCUT2D eigenvalue weighted by Gasteiger charge is -2.07. The summed E-state index contributed by atoms with van der Waals surface area (Å²) in [6.07, 6.45) is 0. The molecule has 0 fully saturated rings. The Morgan fingerprint density at radius 2 is 2.05 bits per heavy atom. The molecule has 2 rings (SSSR count). The molecule has 1 aromatic carbocycles. The summed E-state index contributed by atoms with van der Waals surface area (Å²) in [5, 5.41) is 11.1. The normalized spacial score (nSPS) is 19.0. The predicted molar refractivity (Wildman–Crippen MR) is 72.8 cm³/mol. The van der Waals surface area contributed by atoms with Gasteiger partial charge in [0.15, 0.2) is 5.17 Å². The van der Waals surface area contributed by atoms with Gasteiger partial charge >= 0.3 is 0 Å². The van der Waals surface area contributed by atoms with Crippen LogP contribution in [0.1, 0.15) is 6.92 Å². The van der Waals surface area contributed by atoms with Crippen LogP contribution in [0.25, 0.3) is 0 Å². The zero-order valence-corrected chi connectivity index (χ0v) is 11.6. The van der Waals surface area contributed by atoms with E-state index in [1.807, 2.05) is 6.92 Å². The van der Waals surface area contributed by atoms with Crippen molar-refractivity contribution in [2.45, 2.75) is 17.1 Å². The summed E-state index contributed by atoms with van der Waals surface area (Å²) in [5.74, 6) is 0. The van der Waals surface area contributed by atoms with E-state index in [-0.39, 0.29) is 15.8 Å². The van der Waals surface area contributed by atoms with Crippen molar-refractivity contribution < 1.29 is 13.3 Å². The number of hydrogen-bond donors (Lipinski definition) is 1. The number of amidine groups is 1. The molecule has 1 unspecified atom stereocenters. The minimum atomic E-state index is -3.73. The summed E-state index contributed by atoms with van der Waals surface area (Å²) in [4.78, 5) is 13.9. The second-order valence-corrected chi connectivity index (χ2v) is 7.04. The Morgan fingerprint density at radius 1 is 1.42 bits per heavy atom. The van der Waals surface area contributed by atoms with Gasteiger partial charge < -0.3 is 0 Å². The van der Waals surface area contributed by atoms with Crippen LogP contribution in [0.4, 0.5) is 5.69 Å². The Hall–Kier alpha value is -1.61. The van der Waals surface area contributed by atoms with Gasteiger partial charge in [-0.3, -0.25) is 19.8 Å². The van der Waals surface area contributed by atoms with Crippen molar-refractivity contribution in [3.8, 4) is 0 Å². The molecule has 9 heteroatoms. The summed E-state index contributed by atoms with van der Waals surface area (Å²) in [5.41, 5.74) is -0.153. The van der Waals surface area contributed by atoms with Gasteiger partial charge in [0.1, 0.15) is 0 Å². The van der Waals surface area contributed by atoms with Crippen LogP contribution in [0, 0.1) is 10.1 Å². The first-order chi connectivity index (χ1) is 8.88. The smallest absolute Gasteiger partial charge is 0.261 e. The largest absolute Gasteiger partial charge is 0.269 e. The van der Waals surface area contributed by atoms with Gasteiger partial charge in [-0.05, 0) is 12.1 Å². The molecule has 0 aromatic heterocycles. The number of thioether (sulfide) groups is 1. The highest BCUT2D eigenvalue weighted by Crippen LogP contribution is 2.21. The van der Waals surface area contributed by atoms with Crippen molar-refractivity contribution in [3.63, 3.8) is 0 Å². The van der Waals surface area contributed by atoms with Crippen LogP contribution in [0.3, 0.4) is 0 Å². The summed E-state index contributed by atoms with van der Waals surface area (Å²) in [6.45, 7) is 2.52. The van der Waals surface area contributed by atoms with Crippen molar-refractivity contribution in [2.24, 2.45) is 4.99 Å². The number of nitro benzene ring substituents is 1. The molecule has 1 atom stereocenters. The van der Waals surface area contributed by atoms with Crippen LogP contribution in [0.2, 0.25) is 0 Å². The number of sulfonamides is 1. The monoisotopic (exact) mass is 301 g/mol. The highest BCUT2D eigenvalue weighted by Gasteiger charge is 2.22. The Kier molecular flexibility index (Phi) is 3.76. The van der Waals surface area contributed by atoms with Crippen LogP contribution in [-0.2, 0) is 10.0 Å². The lowest BCUT2D eigenvalue weighted by Crippen LogP contribution is -2.27. The highest BCUT2D eigenvalue weighted by molar-refractivity contribution is 8.15. The Bertz CT molecular complexity index is 625. The molecule has 7 nitrogen and oxygen atoms in total. The van der Waals surface area contributed by atoms with Crippen molar-refractivity contribution in [1.82, 2.24) is 4.72 Å². The Labute approximate surface area is 114 Å². The van der Waals surface area contributed by atoms with Crippen molar-refractivity contribution in [1.29, 1.82) is 0 Å². The number of nitrogens with one attached hydrogen (secondary N) is 1.